The van der Waals surface area contributed by atoms with Crippen LogP contribution < -0.4 is 20.3 Å². The average Bonchev–Trinajstić information content (AvgIpc) is 2.88. The molecule has 198 valence electrons. The number of amides is 1. The summed E-state index contributed by atoms with van der Waals surface area (Å²) in [5.41, 5.74) is 2.15. The van der Waals surface area contributed by atoms with Gasteiger partial charge < -0.3 is 10.1 Å². The van der Waals surface area contributed by atoms with Crippen molar-refractivity contribution >= 4 is 44.1 Å². The average molecular weight is 556 g/mol. The lowest BCUT2D eigenvalue weighted by atomic mass is 10.0. The van der Waals surface area contributed by atoms with Gasteiger partial charge in [-0.2, -0.15) is 0 Å². The number of sulfonamides is 1. The summed E-state index contributed by atoms with van der Waals surface area (Å²) in [6.45, 7) is 3.64. The third-order valence-electron chi connectivity index (χ3n) is 5.94. The first-order valence-electron chi connectivity index (χ1n) is 11.6. The number of fused-ring (bicyclic) bond motifs is 1. The summed E-state index contributed by atoms with van der Waals surface area (Å²) in [4.78, 5) is 33.7. The first-order chi connectivity index (χ1) is 18.0. The normalized spacial score (nSPS) is 12.2. The maximum absolute atomic E-state index is 13.2. The van der Waals surface area contributed by atoms with Crippen molar-refractivity contribution in [2.24, 2.45) is 5.92 Å². The van der Waals surface area contributed by atoms with E-state index in [-0.39, 0.29) is 34.5 Å². The van der Waals surface area contributed by atoms with Crippen LogP contribution in [0.4, 0.5) is 5.69 Å². The number of nitrogens with one attached hydrogen (secondary N) is 2. The molecule has 10 nitrogen and oxygen atoms in total. The summed E-state index contributed by atoms with van der Waals surface area (Å²) in [5, 5.41) is 3.22. The van der Waals surface area contributed by atoms with E-state index in [1.54, 1.807) is 51.2 Å². The zero-order valence-electron chi connectivity index (χ0n) is 21.1. The fourth-order valence-corrected chi connectivity index (χ4v) is 5.53. The van der Waals surface area contributed by atoms with Crippen molar-refractivity contribution in [2.75, 3.05) is 18.9 Å². The molecule has 0 saturated carbocycles. The standard InChI is InChI=1S/C26H26ClN5O5S/c1-15-7-19(27)11-20(8-15)38(35,36)31-23-10-18(12-29-25(23)37-4)17-5-6-22-21(9-17)26(34)32(14-30-22)13-16(2)24(33)28-3/h5-12,14,16,31H,13H2,1-4H3,(H,28,33)/t16-/m1/s1. The van der Waals surface area contributed by atoms with E-state index in [4.69, 9.17) is 16.3 Å². The van der Waals surface area contributed by atoms with E-state index in [1.807, 2.05) is 0 Å². The molecular formula is C26H26ClN5O5S. The number of aryl methyl sites for hydroxylation is 1. The Morgan fingerprint density at radius 1 is 1.13 bits per heavy atom. The van der Waals surface area contributed by atoms with Crippen LogP contribution in [-0.4, -0.2) is 43.0 Å². The summed E-state index contributed by atoms with van der Waals surface area (Å²) < 4.78 is 35.4. The summed E-state index contributed by atoms with van der Waals surface area (Å²) in [6.07, 6.45) is 2.94. The van der Waals surface area contributed by atoms with Crippen LogP contribution in [0.1, 0.15) is 12.5 Å². The molecule has 0 aliphatic heterocycles. The number of ether oxygens (including phenoxy) is 1. The highest BCUT2D eigenvalue weighted by molar-refractivity contribution is 7.92. The van der Waals surface area contributed by atoms with Crippen LogP contribution in [0.15, 0.2) is 64.7 Å². The zero-order chi connectivity index (χ0) is 27.6. The summed E-state index contributed by atoms with van der Waals surface area (Å²) in [6, 6.07) is 11.2. The minimum Gasteiger partial charge on any atom is -0.480 e. The molecule has 1 amide bonds. The molecule has 2 N–H and O–H groups in total. The number of nitrogens with zero attached hydrogens (tertiary/aromatic N) is 3. The number of anilines is 1. The van der Waals surface area contributed by atoms with Crippen LogP contribution in [0.3, 0.4) is 0 Å². The van der Waals surface area contributed by atoms with Crippen LogP contribution in [-0.2, 0) is 21.4 Å². The van der Waals surface area contributed by atoms with Gasteiger partial charge >= 0.3 is 0 Å². The zero-order valence-corrected chi connectivity index (χ0v) is 22.7. The Kier molecular flexibility index (Phi) is 7.70. The Labute approximate surface area is 224 Å². The number of hydrogen-bond acceptors (Lipinski definition) is 7. The molecule has 0 fully saturated rings. The lowest BCUT2D eigenvalue weighted by Gasteiger charge is -2.14. The van der Waals surface area contributed by atoms with Gasteiger partial charge in [-0.1, -0.05) is 24.6 Å². The van der Waals surface area contributed by atoms with Crippen molar-refractivity contribution in [2.45, 2.75) is 25.3 Å². The number of hydrogen-bond donors (Lipinski definition) is 2. The molecular weight excluding hydrogens is 530 g/mol. The van der Waals surface area contributed by atoms with E-state index in [9.17, 15) is 18.0 Å². The number of halogens is 1. The monoisotopic (exact) mass is 555 g/mol. The summed E-state index contributed by atoms with van der Waals surface area (Å²) >= 11 is 6.06. The molecule has 2 aromatic heterocycles. The molecule has 0 unspecified atom stereocenters. The third kappa shape index (κ3) is 5.63. The maximum atomic E-state index is 13.2. The molecule has 0 aliphatic rings. The van der Waals surface area contributed by atoms with E-state index in [2.05, 4.69) is 20.0 Å². The number of rotatable bonds is 8. The molecule has 0 bridgehead atoms. The fourth-order valence-electron chi connectivity index (χ4n) is 4.00. The van der Waals surface area contributed by atoms with Crippen molar-refractivity contribution in [1.82, 2.24) is 19.9 Å². The van der Waals surface area contributed by atoms with Gasteiger partial charge in [0.15, 0.2) is 0 Å². The molecule has 12 heteroatoms. The Morgan fingerprint density at radius 3 is 2.58 bits per heavy atom. The molecule has 0 aliphatic carbocycles. The van der Waals surface area contributed by atoms with E-state index < -0.39 is 15.9 Å². The van der Waals surface area contributed by atoms with Gasteiger partial charge in [-0.25, -0.2) is 18.4 Å². The van der Waals surface area contributed by atoms with Gasteiger partial charge in [0.05, 0.1) is 35.2 Å². The minimum absolute atomic E-state index is 0.00160. The Hall–Kier alpha value is -3.96. The highest BCUT2D eigenvalue weighted by Crippen LogP contribution is 2.31. The van der Waals surface area contributed by atoms with Gasteiger partial charge in [0.1, 0.15) is 5.69 Å². The number of carbonyl (C=O) groups excluding carboxylic acids is 1. The first-order valence-corrected chi connectivity index (χ1v) is 13.4. The van der Waals surface area contributed by atoms with Gasteiger partial charge in [0, 0.05) is 30.4 Å². The molecule has 0 saturated heterocycles. The second-order valence-corrected chi connectivity index (χ2v) is 10.9. The van der Waals surface area contributed by atoms with Gasteiger partial charge in [0.25, 0.3) is 15.6 Å². The van der Waals surface area contributed by atoms with Crippen molar-refractivity contribution in [1.29, 1.82) is 0 Å². The fraction of sp³-hybridized carbons (Fsp3) is 0.231. The van der Waals surface area contributed by atoms with E-state index >= 15 is 0 Å². The van der Waals surface area contributed by atoms with Crippen LogP contribution >= 0.6 is 11.6 Å². The number of benzene rings is 2. The van der Waals surface area contributed by atoms with Gasteiger partial charge in [-0.15, -0.1) is 0 Å². The minimum atomic E-state index is -4.01. The Balaban J connectivity index is 1.73. The molecule has 4 aromatic rings. The predicted octanol–water partition coefficient (Wildman–Crippen LogP) is 3.61. The second kappa shape index (κ2) is 10.8. The maximum Gasteiger partial charge on any atom is 0.262 e. The molecule has 2 aromatic carbocycles. The smallest absolute Gasteiger partial charge is 0.262 e. The number of pyridine rings is 1. The predicted molar refractivity (Wildman–Crippen MR) is 146 cm³/mol. The van der Waals surface area contributed by atoms with Crippen molar-refractivity contribution in [3.63, 3.8) is 0 Å². The van der Waals surface area contributed by atoms with E-state index in [0.29, 0.717) is 32.6 Å². The quantitative estimate of drug-likeness (QED) is 0.339. The topological polar surface area (TPSA) is 132 Å². The lowest BCUT2D eigenvalue weighted by molar-refractivity contribution is -0.124. The Bertz CT molecular complexity index is 1680. The van der Waals surface area contributed by atoms with Gasteiger partial charge in [-0.3, -0.25) is 18.9 Å². The Morgan fingerprint density at radius 2 is 1.89 bits per heavy atom. The molecule has 0 spiro atoms. The first kappa shape index (κ1) is 27.1. The van der Waals surface area contributed by atoms with Crippen LogP contribution in [0.25, 0.3) is 22.0 Å². The number of methoxy groups -OCH3 is 1. The molecule has 4 rings (SSSR count). The van der Waals surface area contributed by atoms with Crippen molar-refractivity contribution in [3.8, 4) is 17.0 Å². The highest BCUT2D eigenvalue weighted by atomic mass is 35.5. The highest BCUT2D eigenvalue weighted by Gasteiger charge is 2.20. The summed E-state index contributed by atoms with van der Waals surface area (Å²) in [7, 11) is -1.08. The van der Waals surface area contributed by atoms with Crippen LogP contribution in [0.2, 0.25) is 5.02 Å². The molecule has 2 heterocycles. The van der Waals surface area contributed by atoms with E-state index in [1.165, 1.54) is 36.3 Å². The second-order valence-electron chi connectivity index (χ2n) is 8.80. The van der Waals surface area contributed by atoms with Crippen molar-refractivity contribution < 1.29 is 17.9 Å². The molecule has 1 atom stereocenters. The third-order valence-corrected chi connectivity index (χ3v) is 7.50. The van der Waals surface area contributed by atoms with Crippen LogP contribution in [0, 0.1) is 12.8 Å². The molecule has 0 radical (unpaired) electrons. The van der Waals surface area contributed by atoms with Crippen LogP contribution in [0.5, 0.6) is 5.88 Å². The van der Waals surface area contributed by atoms with Crippen molar-refractivity contribution in [3.05, 3.63) is 75.9 Å². The summed E-state index contributed by atoms with van der Waals surface area (Å²) in [5.74, 6) is -0.535. The number of aromatic nitrogens is 3. The van der Waals surface area contributed by atoms with Gasteiger partial charge in [0.2, 0.25) is 11.8 Å². The molecule has 38 heavy (non-hydrogen) atoms. The number of carbonyl (C=O) groups is 1. The SMILES string of the molecule is CNC(=O)[C@H](C)Cn1cnc2ccc(-c3cnc(OC)c(NS(=O)(=O)c4cc(C)cc(Cl)c4)c3)cc2c1=O. The van der Waals surface area contributed by atoms with Gasteiger partial charge in [-0.05, 0) is 54.4 Å². The van der Waals surface area contributed by atoms with E-state index in [0.717, 1.165) is 0 Å². The largest absolute Gasteiger partial charge is 0.480 e. The lowest BCUT2D eigenvalue weighted by Crippen LogP contribution is -2.32.